The lowest BCUT2D eigenvalue weighted by Crippen LogP contribution is -2.26. The summed E-state index contributed by atoms with van der Waals surface area (Å²) in [5.41, 5.74) is 4.30. The zero-order valence-corrected chi connectivity index (χ0v) is 15.5. The van der Waals surface area contributed by atoms with Crippen molar-refractivity contribution in [2.45, 2.75) is 38.7 Å². The highest BCUT2D eigenvalue weighted by atomic mass is 35.5. The van der Waals surface area contributed by atoms with Crippen LogP contribution in [0.2, 0.25) is 5.02 Å². The second kappa shape index (κ2) is 7.93. The lowest BCUT2D eigenvalue weighted by Gasteiger charge is -2.13. The Labute approximate surface area is 156 Å². The van der Waals surface area contributed by atoms with E-state index in [1.165, 1.54) is 7.11 Å². The minimum Gasteiger partial charge on any atom is -0.454 e. The maximum atomic E-state index is 12.4. The molecule has 3 rings (SSSR count). The number of aromatic nitrogens is 1. The first-order valence-corrected chi connectivity index (χ1v) is 9.00. The minimum absolute atomic E-state index is 0.0222. The van der Waals surface area contributed by atoms with E-state index >= 15 is 0 Å². The summed E-state index contributed by atoms with van der Waals surface area (Å²) in [7, 11) is 1.32. The molecule has 1 atom stereocenters. The second-order valence-corrected chi connectivity index (χ2v) is 6.66. The molecule has 2 aromatic rings. The Kier molecular flexibility index (Phi) is 5.64. The summed E-state index contributed by atoms with van der Waals surface area (Å²) < 4.78 is 5.50. The van der Waals surface area contributed by atoms with Crippen LogP contribution in [-0.4, -0.2) is 30.1 Å². The lowest BCUT2D eigenvalue weighted by atomic mass is 9.97. The van der Waals surface area contributed by atoms with Crippen molar-refractivity contribution in [2.75, 3.05) is 7.11 Å². The van der Waals surface area contributed by atoms with Gasteiger partial charge in [-0.25, -0.2) is 10.3 Å². The summed E-state index contributed by atoms with van der Waals surface area (Å²) in [6.07, 6.45) is 3.19. The molecule has 0 fully saturated rings. The fraction of sp³-hybridized carbons (Fsp3) is 0.368. The van der Waals surface area contributed by atoms with Gasteiger partial charge in [0.15, 0.2) is 0 Å². The summed E-state index contributed by atoms with van der Waals surface area (Å²) in [5, 5.41) is 1.52. The van der Waals surface area contributed by atoms with Crippen LogP contribution in [0, 0.1) is 0 Å². The van der Waals surface area contributed by atoms with Crippen molar-refractivity contribution in [3.63, 3.8) is 0 Å². The number of hydroxylamine groups is 1. The van der Waals surface area contributed by atoms with Gasteiger partial charge in [0.2, 0.25) is 0 Å². The zero-order chi connectivity index (χ0) is 18.7. The molecule has 1 amide bonds. The molecule has 1 aliphatic heterocycles. The normalized spacial score (nSPS) is 17.0. The van der Waals surface area contributed by atoms with E-state index in [1.807, 2.05) is 18.2 Å². The number of hydrogen-bond donors (Lipinski definition) is 2. The number of aromatic amines is 1. The molecule has 7 heteroatoms. The standard InChI is InChI=1S/C19H21ClN2O4/c1-3-4-5-6-15-16(17(19(24)26-15)18(23)22-25-2)14-10-11-9-12(20)7-8-13(11)21-14/h7-10,15,21H,3-6H2,1-2H3,(H,22,23). The van der Waals surface area contributed by atoms with Crippen molar-refractivity contribution in [3.05, 3.63) is 40.6 Å². The molecule has 0 bridgehead atoms. The number of cyclic esters (lactones) is 1. The van der Waals surface area contributed by atoms with Crippen LogP contribution in [0.5, 0.6) is 0 Å². The van der Waals surface area contributed by atoms with Gasteiger partial charge >= 0.3 is 5.97 Å². The molecule has 2 N–H and O–H groups in total. The summed E-state index contributed by atoms with van der Waals surface area (Å²) >= 11 is 6.06. The van der Waals surface area contributed by atoms with Crippen molar-refractivity contribution < 1.29 is 19.2 Å². The van der Waals surface area contributed by atoms with Gasteiger partial charge < -0.3 is 9.72 Å². The molecule has 26 heavy (non-hydrogen) atoms. The Balaban J connectivity index is 2.06. The highest BCUT2D eigenvalue weighted by molar-refractivity contribution is 6.31. The van der Waals surface area contributed by atoms with E-state index in [1.54, 1.807) is 6.07 Å². The van der Waals surface area contributed by atoms with Crippen molar-refractivity contribution >= 4 is 40.0 Å². The van der Waals surface area contributed by atoms with Crippen LogP contribution in [-0.2, 0) is 19.2 Å². The van der Waals surface area contributed by atoms with E-state index in [4.69, 9.17) is 16.3 Å². The maximum Gasteiger partial charge on any atom is 0.344 e. The fourth-order valence-electron chi connectivity index (χ4n) is 3.22. The van der Waals surface area contributed by atoms with Crippen molar-refractivity contribution in [1.82, 2.24) is 10.5 Å². The number of rotatable bonds is 7. The van der Waals surface area contributed by atoms with Gasteiger partial charge in [0, 0.05) is 27.2 Å². The predicted molar refractivity (Wildman–Crippen MR) is 99.4 cm³/mol. The maximum absolute atomic E-state index is 12.4. The average Bonchev–Trinajstić information content (AvgIpc) is 3.15. The Morgan fingerprint density at radius 1 is 1.35 bits per heavy atom. The quantitative estimate of drug-likeness (QED) is 0.334. The number of fused-ring (bicyclic) bond motifs is 1. The molecular formula is C19H21ClN2O4. The largest absolute Gasteiger partial charge is 0.454 e. The van der Waals surface area contributed by atoms with Gasteiger partial charge in [0.1, 0.15) is 11.7 Å². The average molecular weight is 377 g/mol. The molecule has 1 aromatic carbocycles. The van der Waals surface area contributed by atoms with Gasteiger partial charge in [0.05, 0.1) is 7.11 Å². The van der Waals surface area contributed by atoms with Gasteiger partial charge in [-0.2, -0.15) is 0 Å². The number of H-pyrrole nitrogens is 1. The van der Waals surface area contributed by atoms with Crippen LogP contribution in [0.25, 0.3) is 16.5 Å². The van der Waals surface area contributed by atoms with Crippen LogP contribution in [0.4, 0.5) is 0 Å². The predicted octanol–water partition coefficient (Wildman–Crippen LogP) is 3.76. The molecule has 0 aliphatic carbocycles. The number of nitrogens with one attached hydrogen (secondary N) is 2. The Morgan fingerprint density at radius 2 is 2.15 bits per heavy atom. The highest BCUT2D eigenvalue weighted by Crippen LogP contribution is 2.36. The number of benzene rings is 1. The summed E-state index contributed by atoms with van der Waals surface area (Å²) in [6.45, 7) is 2.11. The minimum atomic E-state index is -0.632. The van der Waals surface area contributed by atoms with Crippen LogP contribution in [0.1, 0.15) is 38.3 Å². The lowest BCUT2D eigenvalue weighted by molar-refractivity contribution is -0.142. The second-order valence-electron chi connectivity index (χ2n) is 6.23. The van der Waals surface area contributed by atoms with Crippen molar-refractivity contribution in [3.8, 4) is 0 Å². The van der Waals surface area contributed by atoms with E-state index in [0.717, 1.165) is 30.2 Å². The van der Waals surface area contributed by atoms with Crippen LogP contribution in [0.3, 0.4) is 0 Å². The third-order valence-electron chi connectivity index (χ3n) is 4.41. The SMILES string of the molecule is CCCCCC1OC(=O)C(C(=O)NOC)=C1c1cc2cc(Cl)ccc2[nH]1. The monoisotopic (exact) mass is 376 g/mol. The topological polar surface area (TPSA) is 80.4 Å². The summed E-state index contributed by atoms with van der Waals surface area (Å²) in [4.78, 5) is 32.7. The van der Waals surface area contributed by atoms with E-state index in [9.17, 15) is 9.59 Å². The number of ether oxygens (including phenoxy) is 1. The smallest absolute Gasteiger partial charge is 0.344 e. The molecule has 1 unspecified atom stereocenters. The summed E-state index contributed by atoms with van der Waals surface area (Å²) in [5.74, 6) is -1.24. The first-order valence-electron chi connectivity index (χ1n) is 8.62. The van der Waals surface area contributed by atoms with E-state index in [2.05, 4.69) is 22.2 Å². The molecule has 2 heterocycles. The Morgan fingerprint density at radius 3 is 2.88 bits per heavy atom. The molecular weight excluding hydrogens is 356 g/mol. The molecule has 1 aromatic heterocycles. The Bertz CT molecular complexity index is 872. The number of hydrogen-bond acceptors (Lipinski definition) is 4. The molecule has 6 nitrogen and oxygen atoms in total. The highest BCUT2D eigenvalue weighted by Gasteiger charge is 2.39. The first-order chi connectivity index (χ1) is 12.5. The third-order valence-corrected chi connectivity index (χ3v) is 4.64. The van der Waals surface area contributed by atoms with Crippen LogP contribution < -0.4 is 5.48 Å². The van der Waals surface area contributed by atoms with Gasteiger partial charge in [-0.15, -0.1) is 0 Å². The van der Waals surface area contributed by atoms with Crippen molar-refractivity contribution in [2.24, 2.45) is 0 Å². The third kappa shape index (κ3) is 3.61. The zero-order valence-electron chi connectivity index (χ0n) is 14.7. The first kappa shape index (κ1) is 18.5. The molecule has 0 saturated carbocycles. The van der Waals surface area contributed by atoms with Gasteiger partial charge in [-0.3, -0.25) is 9.63 Å². The number of unbranched alkanes of at least 4 members (excludes halogenated alkanes) is 2. The summed E-state index contributed by atoms with van der Waals surface area (Å²) in [6, 6.07) is 7.36. The number of amides is 1. The fourth-order valence-corrected chi connectivity index (χ4v) is 3.40. The Hall–Kier alpha value is -2.31. The van der Waals surface area contributed by atoms with E-state index in [-0.39, 0.29) is 5.57 Å². The van der Waals surface area contributed by atoms with E-state index in [0.29, 0.717) is 22.7 Å². The van der Waals surface area contributed by atoms with Gasteiger partial charge in [0.25, 0.3) is 5.91 Å². The van der Waals surface area contributed by atoms with Gasteiger partial charge in [-0.05, 0) is 37.1 Å². The molecule has 0 radical (unpaired) electrons. The molecule has 0 saturated heterocycles. The van der Waals surface area contributed by atoms with Crippen molar-refractivity contribution in [1.29, 1.82) is 0 Å². The number of halogens is 1. The number of carbonyl (C=O) groups is 2. The molecule has 138 valence electrons. The molecule has 1 aliphatic rings. The van der Waals surface area contributed by atoms with Gasteiger partial charge in [-0.1, -0.05) is 31.4 Å². The number of carbonyl (C=O) groups excluding carboxylic acids is 2. The van der Waals surface area contributed by atoms with Crippen LogP contribution in [0.15, 0.2) is 29.8 Å². The number of esters is 1. The van der Waals surface area contributed by atoms with Crippen LogP contribution >= 0.6 is 11.6 Å². The molecule has 0 spiro atoms. The van der Waals surface area contributed by atoms with E-state index < -0.39 is 18.0 Å².